The molecule has 3 rings (SSSR count). The van der Waals surface area contributed by atoms with Crippen molar-refractivity contribution in [2.45, 2.75) is 38.6 Å². The van der Waals surface area contributed by atoms with Crippen LogP contribution in [0, 0.1) is 18.8 Å². The predicted molar refractivity (Wildman–Crippen MR) is 84.6 cm³/mol. The molecule has 0 spiro atoms. The lowest BCUT2D eigenvalue weighted by atomic mass is 9.96. The van der Waals surface area contributed by atoms with Crippen molar-refractivity contribution in [2.75, 3.05) is 0 Å². The molecule has 108 valence electrons. The van der Waals surface area contributed by atoms with E-state index in [-0.39, 0.29) is 5.91 Å². The summed E-state index contributed by atoms with van der Waals surface area (Å²) < 4.78 is 0. The van der Waals surface area contributed by atoms with Crippen LogP contribution in [0.25, 0.3) is 0 Å². The molecule has 1 amide bonds. The maximum Gasteiger partial charge on any atom is 0.279 e. The molecular formula is C14H19N3OS2. The molecule has 1 heterocycles. The van der Waals surface area contributed by atoms with Crippen LogP contribution in [0.2, 0.25) is 0 Å². The Labute approximate surface area is 128 Å². The third-order valence-electron chi connectivity index (χ3n) is 4.31. The van der Waals surface area contributed by atoms with E-state index in [9.17, 15) is 4.79 Å². The number of hydrogen-bond acceptors (Lipinski definition) is 3. The number of amides is 1. The first kappa shape index (κ1) is 13.8. The highest BCUT2D eigenvalue weighted by Gasteiger charge is 2.39. The van der Waals surface area contributed by atoms with Crippen molar-refractivity contribution in [2.24, 2.45) is 11.8 Å². The van der Waals surface area contributed by atoms with Gasteiger partial charge >= 0.3 is 0 Å². The lowest BCUT2D eigenvalue weighted by Gasteiger charge is -2.24. The van der Waals surface area contributed by atoms with Crippen molar-refractivity contribution < 1.29 is 4.79 Å². The van der Waals surface area contributed by atoms with Gasteiger partial charge in [0.05, 0.1) is 4.88 Å². The van der Waals surface area contributed by atoms with E-state index >= 15 is 0 Å². The van der Waals surface area contributed by atoms with E-state index in [1.807, 2.05) is 19.1 Å². The molecule has 3 N–H and O–H groups in total. The Morgan fingerprint density at radius 3 is 2.75 bits per heavy atom. The fourth-order valence-electron chi connectivity index (χ4n) is 3.36. The molecule has 0 saturated heterocycles. The molecule has 6 heteroatoms. The van der Waals surface area contributed by atoms with Gasteiger partial charge in [-0.3, -0.25) is 15.6 Å². The number of nitrogens with one attached hydrogen (secondary N) is 3. The van der Waals surface area contributed by atoms with Crippen molar-refractivity contribution in [3.8, 4) is 0 Å². The molecule has 0 unspecified atom stereocenters. The van der Waals surface area contributed by atoms with E-state index in [1.54, 1.807) is 0 Å². The summed E-state index contributed by atoms with van der Waals surface area (Å²) in [5.74, 6) is 1.50. The van der Waals surface area contributed by atoms with Gasteiger partial charge in [0.25, 0.3) is 5.91 Å². The van der Waals surface area contributed by atoms with Crippen LogP contribution in [0.1, 0.15) is 40.2 Å². The molecule has 0 aliphatic heterocycles. The lowest BCUT2D eigenvalue weighted by molar-refractivity contribution is 0.0947. The van der Waals surface area contributed by atoms with Crippen LogP contribution < -0.4 is 16.2 Å². The van der Waals surface area contributed by atoms with Crippen molar-refractivity contribution in [1.29, 1.82) is 0 Å². The predicted octanol–water partition coefficient (Wildman–Crippen LogP) is 2.35. The number of hydrogen-bond donors (Lipinski definition) is 3. The second-order valence-corrected chi connectivity index (χ2v) is 7.44. The highest BCUT2D eigenvalue weighted by Crippen LogP contribution is 2.44. The van der Waals surface area contributed by atoms with E-state index in [0.29, 0.717) is 16.0 Å². The second-order valence-electron chi connectivity index (χ2n) is 5.74. The fraction of sp³-hybridized carbons (Fsp3) is 0.571. The first-order valence-corrected chi connectivity index (χ1v) is 8.27. The maximum atomic E-state index is 11.9. The van der Waals surface area contributed by atoms with Gasteiger partial charge in [0.15, 0.2) is 5.11 Å². The monoisotopic (exact) mass is 309 g/mol. The number of hydrazine groups is 1. The average molecular weight is 309 g/mol. The minimum atomic E-state index is -0.139. The number of thiocarbonyl (C=S) groups is 1. The number of aryl methyl sites for hydroxylation is 1. The standard InChI is InChI=1S/C14H19N3OS2/c1-8-2-5-12(20-8)13(18)16-17-14(19)15-11-7-9-3-4-10(11)6-9/h2,5,9-11H,3-4,6-7H2,1H3,(H,16,18)(H2,15,17,19)/t9-,10-,11+/m0/s1. The molecule has 3 atom stereocenters. The van der Waals surface area contributed by atoms with Crippen molar-refractivity contribution in [1.82, 2.24) is 16.2 Å². The van der Waals surface area contributed by atoms with E-state index in [1.165, 1.54) is 37.0 Å². The number of rotatable bonds is 2. The molecule has 2 bridgehead atoms. The van der Waals surface area contributed by atoms with Crippen LogP contribution in [-0.2, 0) is 0 Å². The third kappa shape index (κ3) is 2.96. The highest BCUT2D eigenvalue weighted by atomic mass is 32.1. The maximum absolute atomic E-state index is 11.9. The van der Waals surface area contributed by atoms with Gasteiger partial charge in [0.1, 0.15) is 0 Å². The summed E-state index contributed by atoms with van der Waals surface area (Å²) in [6.07, 6.45) is 5.23. The fourth-order valence-corrected chi connectivity index (χ4v) is 4.32. The molecule has 2 saturated carbocycles. The zero-order chi connectivity index (χ0) is 14.1. The van der Waals surface area contributed by atoms with Gasteiger partial charge in [-0.2, -0.15) is 0 Å². The Morgan fingerprint density at radius 1 is 1.30 bits per heavy atom. The Balaban J connectivity index is 1.44. The average Bonchev–Trinajstić information content (AvgIpc) is 3.12. The van der Waals surface area contributed by atoms with E-state index in [0.717, 1.165) is 16.7 Å². The Kier molecular flexibility index (Phi) is 3.94. The highest BCUT2D eigenvalue weighted by molar-refractivity contribution is 7.80. The third-order valence-corrected chi connectivity index (χ3v) is 5.53. The van der Waals surface area contributed by atoms with Crippen LogP contribution in [-0.4, -0.2) is 17.1 Å². The van der Waals surface area contributed by atoms with Gasteiger partial charge in [0.2, 0.25) is 0 Å². The van der Waals surface area contributed by atoms with Crippen LogP contribution in [0.5, 0.6) is 0 Å². The molecule has 2 fully saturated rings. The van der Waals surface area contributed by atoms with Crippen LogP contribution >= 0.6 is 23.6 Å². The SMILES string of the molecule is Cc1ccc(C(=O)NNC(=S)N[C@@H]2C[C@H]3CC[C@H]2C3)s1. The summed E-state index contributed by atoms with van der Waals surface area (Å²) in [5.41, 5.74) is 5.45. The van der Waals surface area contributed by atoms with Gasteiger partial charge in [-0.05, 0) is 62.4 Å². The molecule has 2 aliphatic carbocycles. The van der Waals surface area contributed by atoms with Crippen LogP contribution in [0.3, 0.4) is 0 Å². The molecule has 4 nitrogen and oxygen atoms in total. The Hall–Kier alpha value is -1.14. The quantitative estimate of drug-likeness (QED) is 0.580. The minimum absolute atomic E-state index is 0.139. The van der Waals surface area contributed by atoms with E-state index in [2.05, 4.69) is 16.2 Å². The molecule has 0 aromatic carbocycles. The summed E-state index contributed by atoms with van der Waals surface area (Å²) in [4.78, 5) is 13.7. The van der Waals surface area contributed by atoms with Crippen LogP contribution in [0.15, 0.2) is 12.1 Å². The zero-order valence-corrected chi connectivity index (χ0v) is 13.1. The topological polar surface area (TPSA) is 53.2 Å². The number of carbonyl (C=O) groups is 1. The molecular weight excluding hydrogens is 290 g/mol. The Morgan fingerprint density at radius 2 is 2.15 bits per heavy atom. The van der Waals surface area contributed by atoms with Gasteiger partial charge in [-0.15, -0.1) is 11.3 Å². The van der Waals surface area contributed by atoms with Crippen LogP contribution in [0.4, 0.5) is 0 Å². The van der Waals surface area contributed by atoms with Crippen molar-refractivity contribution in [3.63, 3.8) is 0 Å². The normalized spacial score (nSPS) is 27.4. The smallest absolute Gasteiger partial charge is 0.279 e. The molecule has 1 aromatic heterocycles. The first-order chi connectivity index (χ1) is 9.61. The summed E-state index contributed by atoms with van der Waals surface area (Å²) >= 11 is 6.72. The molecule has 20 heavy (non-hydrogen) atoms. The zero-order valence-electron chi connectivity index (χ0n) is 11.4. The lowest BCUT2D eigenvalue weighted by Crippen LogP contribution is -2.50. The molecule has 2 aliphatic rings. The van der Waals surface area contributed by atoms with Gasteiger partial charge in [0, 0.05) is 10.9 Å². The molecule has 1 aromatic rings. The second kappa shape index (κ2) is 5.69. The summed E-state index contributed by atoms with van der Waals surface area (Å²) in [6, 6.07) is 4.24. The molecule has 0 radical (unpaired) electrons. The van der Waals surface area contributed by atoms with Crippen molar-refractivity contribution in [3.05, 3.63) is 21.9 Å². The minimum Gasteiger partial charge on any atom is -0.358 e. The number of carbonyl (C=O) groups excluding carboxylic acids is 1. The van der Waals surface area contributed by atoms with Gasteiger partial charge in [-0.25, -0.2) is 0 Å². The first-order valence-electron chi connectivity index (χ1n) is 7.05. The summed E-state index contributed by atoms with van der Waals surface area (Å²) in [7, 11) is 0. The van der Waals surface area contributed by atoms with E-state index in [4.69, 9.17) is 12.2 Å². The van der Waals surface area contributed by atoms with E-state index < -0.39 is 0 Å². The Bertz CT molecular complexity index is 528. The summed E-state index contributed by atoms with van der Waals surface area (Å²) in [5, 5.41) is 3.85. The number of thiophene rings is 1. The largest absolute Gasteiger partial charge is 0.358 e. The van der Waals surface area contributed by atoms with Gasteiger partial charge in [-0.1, -0.05) is 6.42 Å². The number of fused-ring (bicyclic) bond motifs is 2. The van der Waals surface area contributed by atoms with Crippen molar-refractivity contribution >= 4 is 34.6 Å². The van der Waals surface area contributed by atoms with Gasteiger partial charge < -0.3 is 5.32 Å². The summed E-state index contributed by atoms with van der Waals surface area (Å²) in [6.45, 7) is 1.98.